The molecule has 2 aromatic rings. The Labute approximate surface area is 97.7 Å². The van der Waals surface area contributed by atoms with Gasteiger partial charge in [-0.1, -0.05) is 24.2 Å². The number of nitrogens with zero attached hydrogens (tertiary/aromatic N) is 4. The highest BCUT2D eigenvalue weighted by Gasteiger charge is 2.28. The molecular formula is C10H15N5S. The van der Waals surface area contributed by atoms with Crippen LogP contribution in [0.15, 0.2) is 6.33 Å². The molecule has 2 heterocycles. The lowest BCUT2D eigenvalue weighted by molar-refractivity contribution is 0.312. The Morgan fingerprint density at radius 2 is 2.31 bits per heavy atom. The van der Waals surface area contributed by atoms with Gasteiger partial charge in [-0.05, 0) is 25.3 Å². The molecule has 0 spiro atoms. The van der Waals surface area contributed by atoms with Crippen LogP contribution in [0.4, 0.5) is 0 Å². The lowest BCUT2D eigenvalue weighted by Crippen LogP contribution is -2.25. The first kappa shape index (κ1) is 10.2. The lowest BCUT2D eigenvalue weighted by Gasteiger charge is -2.28. The van der Waals surface area contributed by atoms with Gasteiger partial charge in [-0.3, -0.25) is 0 Å². The Bertz CT molecular complexity index is 448. The van der Waals surface area contributed by atoms with Crippen LogP contribution in [-0.2, 0) is 0 Å². The van der Waals surface area contributed by atoms with Crippen LogP contribution < -0.4 is 5.73 Å². The van der Waals surface area contributed by atoms with E-state index in [0.717, 1.165) is 11.5 Å². The molecule has 0 aliphatic heterocycles. The fourth-order valence-electron chi connectivity index (χ4n) is 2.54. The van der Waals surface area contributed by atoms with E-state index in [1.807, 2.05) is 0 Å². The van der Waals surface area contributed by atoms with E-state index in [9.17, 15) is 0 Å². The summed E-state index contributed by atoms with van der Waals surface area (Å²) in [4.78, 5) is 0.886. The molecule has 5 nitrogen and oxygen atoms in total. The van der Waals surface area contributed by atoms with Crippen molar-refractivity contribution in [2.75, 3.05) is 6.54 Å². The molecule has 6 heteroatoms. The number of nitrogens with two attached hydrogens (primary N) is 1. The van der Waals surface area contributed by atoms with Crippen LogP contribution in [0.25, 0.3) is 4.96 Å². The molecule has 1 aliphatic rings. The minimum absolute atomic E-state index is 0.533. The highest BCUT2D eigenvalue weighted by molar-refractivity contribution is 7.16. The fraction of sp³-hybridized carbons (Fsp3) is 0.700. The minimum atomic E-state index is 0.533. The first-order chi connectivity index (χ1) is 7.88. The van der Waals surface area contributed by atoms with Gasteiger partial charge in [0.05, 0.1) is 0 Å². The summed E-state index contributed by atoms with van der Waals surface area (Å²) >= 11 is 1.65. The van der Waals surface area contributed by atoms with Crippen molar-refractivity contribution in [3.8, 4) is 0 Å². The zero-order chi connectivity index (χ0) is 11.0. The van der Waals surface area contributed by atoms with Gasteiger partial charge in [0.15, 0.2) is 0 Å². The molecule has 2 unspecified atom stereocenters. The molecule has 86 valence electrons. The second-order valence-electron chi connectivity index (χ2n) is 4.39. The van der Waals surface area contributed by atoms with E-state index in [1.54, 1.807) is 22.2 Å². The average molecular weight is 237 g/mol. The minimum Gasteiger partial charge on any atom is -0.330 e. The van der Waals surface area contributed by atoms with Crippen LogP contribution in [-0.4, -0.2) is 26.4 Å². The topological polar surface area (TPSA) is 69.1 Å². The molecule has 0 bridgehead atoms. The molecule has 2 N–H and O–H groups in total. The monoisotopic (exact) mass is 237 g/mol. The van der Waals surface area contributed by atoms with E-state index in [4.69, 9.17) is 5.73 Å². The zero-order valence-corrected chi connectivity index (χ0v) is 9.86. The van der Waals surface area contributed by atoms with Crippen LogP contribution in [0.2, 0.25) is 0 Å². The highest BCUT2D eigenvalue weighted by atomic mass is 32.1. The molecule has 3 rings (SSSR count). The van der Waals surface area contributed by atoms with Gasteiger partial charge in [-0.2, -0.15) is 9.61 Å². The van der Waals surface area contributed by atoms with Gasteiger partial charge in [-0.25, -0.2) is 0 Å². The van der Waals surface area contributed by atoms with Crippen LogP contribution in [0.5, 0.6) is 0 Å². The van der Waals surface area contributed by atoms with Crippen molar-refractivity contribution in [2.24, 2.45) is 11.7 Å². The molecule has 0 saturated heterocycles. The van der Waals surface area contributed by atoms with E-state index in [2.05, 4.69) is 15.3 Å². The highest BCUT2D eigenvalue weighted by Crippen LogP contribution is 2.38. The third-order valence-corrected chi connectivity index (χ3v) is 4.48. The first-order valence-electron chi connectivity index (χ1n) is 5.75. The average Bonchev–Trinajstić information content (AvgIpc) is 2.89. The molecule has 0 radical (unpaired) electrons. The van der Waals surface area contributed by atoms with Gasteiger partial charge >= 0.3 is 0 Å². The summed E-state index contributed by atoms with van der Waals surface area (Å²) in [6.45, 7) is 0.769. The number of fused-ring (bicyclic) bond motifs is 1. The Morgan fingerprint density at radius 1 is 1.44 bits per heavy atom. The maximum absolute atomic E-state index is 5.84. The first-order valence-corrected chi connectivity index (χ1v) is 6.57. The maximum atomic E-state index is 5.84. The van der Waals surface area contributed by atoms with Crippen molar-refractivity contribution in [2.45, 2.75) is 31.6 Å². The Kier molecular flexibility index (Phi) is 2.61. The summed E-state index contributed by atoms with van der Waals surface area (Å²) in [5, 5.41) is 13.6. The van der Waals surface area contributed by atoms with Gasteiger partial charge < -0.3 is 5.73 Å². The Hall–Kier alpha value is -1.01. The molecule has 0 amide bonds. The molecule has 1 fully saturated rings. The Morgan fingerprint density at radius 3 is 3.12 bits per heavy atom. The lowest BCUT2D eigenvalue weighted by atomic mass is 9.80. The van der Waals surface area contributed by atoms with E-state index in [-0.39, 0.29) is 0 Å². The maximum Gasteiger partial charge on any atom is 0.234 e. The van der Waals surface area contributed by atoms with Crippen molar-refractivity contribution < 1.29 is 0 Å². The molecular weight excluding hydrogens is 222 g/mol. The van der Waals surface area contributed by atoms with Gasteiger partial charge in [0, 0.05) is 5.92 Å². The van der Waals surface area contributed by atoms with Crippen molar-refractivity contribution >= 4 is 16.3 Å². The summed E-state index contributed by atoms with van der Waals surface area (Å²) in [7, 11) is 0. The third kappa shape index (κ3) is 1.62. The van der Waals surface area contributed by atoms with Crippen molar-refractivity contribution in [3.05, 3.63) is 11.3 Å². The summed E-state index contributed by atoms with van der Waals surface area (Å²) in [6, 6.07) is 0. The SMILES string of the molecule is NCC1CCCCC1c1nn2cnnc2s1. The zero-order valence-electron chi connectivity index (χ0n) is 9.04. The summed E-state index contributed by atoms with van der Waals surface area (Å²) in [5.74, 6) is 1.13. The summed E-state index contributed by atoms with van der Waals surface area (Å²) < 4.78 is 1.77. The summed E-state index contributed by atoms with van der Waals surface area (Å²) in [6.07, 6.45) is 6.71. The smallest absolute Gasteiger partial charge is 0.234 e. The molecule has 16 heavy (non-hydrogen) atoms. The van der Waals surface area contributed by atoms with Gasteiger partial charge in [0.25, 0.3) is 0 Å². The molecule has 2 aromatic heterocycles. The van der Waals surface area contributed by atoms with Crippen molar-refractivity contribution in [1.82, 2.24) is 19.8 Å². The second kappa shape index (κ2) is 4.10. The van der Waals surface area contributed by atoms with Crippen molar-refractivity contribution in [3.63, 3.8) is 0 Å². The van der Waals surface area contributed by atoms with Crippen LogP contribution >= 0.6 is 11.3 Å². The van der Waals surface area contributed by atoms with E-state index in [0.29, 0.717) is 11.8 Å². The fourth-order valence-corrected chi connectivity index (χ4v) is 3.59. The van der Waals surface area contributed by atoms with E-state index < -0.39 is 0 Å². The molecule has 1 aliphatic carbocycles. The molecule has 1 saturated carbocycles. The van der Waals surface area contributed by atoms with Gasteiger partial charge in [-0.15, -0.1) is 10.2 Å². The predicted octanol–water partition coefficient (Wildman–Crippen LogP) is 1.42. The predicted molar refractivity (Wildman–Crippen MR) is 62.4 cm³/mol. The van der Waals surface area contributed by atoms with E-state index >= 15 is 0 Å². The molecule has 0 aromatic carbocycles. The largest absolute Gasteiger partial charge is 0.330 e. The van der Waals surface area contributed by atoms with Crippen LogP contribution in [0.3, 0.4) is 0 Å². The van der Waals surface area contributed by atoms with Gasteiger partial charge in [0.1, 0.15) is 11.3 Å². The normalized spacial score (nSPS) is 26.3. The second-order valence-corrected chi connectivity index (χ2v) is 5.37. The third-order valence-electron chi connectivity index (χ3n) is 3.43. The summed E-state index contributed by atoms with van der Waals surface area (Å²) in [5.41, 5.74) is 5.84. The standard InChI is InChI=1S/C10H15N5S/c11-5-7-3-1-2-4-8(7)9-14-15-6-12-13-10(15)16-9/h6-8H,1-5,11H2. The Balaban J connectivity index is 1.92. The number of hydrogen-bond donors (Lipinski definition) is 1. The quantitative estimate of drug-likeness (QED) is 0.857. The molecule has 2 atom stereocenters. The van der Waals surface area contributed by atoms with Crippen molar-refractivity contribution in [1.29, 1.82) is 0 Å². The number of aromatic nitrogens is 4. The van der Waals surface area contributed by atoms with Crippen LogP contribution in [0.1, 0.15) is 36.6 Å². The number of hydrogen-bond acceptors (Lipinski definition) is 5. The van der Waals surface area contributed by atoms with Gasteiger partial charge in [0.2, 0.25) is 4.96 Å². The van der Waals surface area contributed by atoms with E-state index in [1.165, 1.54) is 30.7 Å². The van der Waals surface area contributed by atoms with Crippen LogP contribution in [0, 0.1) is 5.92 Å². The number of rotatable bonds is 2.